The second-order valence-electron chi connectivity index (χ2n) is 4.22. The van der Waals surface area contributed by atoms with E-state index in [4.69, 9.17) is 4.42 Å². The highest BCUT2D eigenvalue weighted by atomic mass is 32.2. The third-order valence-electron chi connectivity index (χ3n) is 3.21. The zero-order valence-corrected chi connectivity index (χ0v) is 10.2. The van der Waals surface area contributed by atoms with Crippen molar-refractivity contribution in [1.82, 2.24) is 5.32 Å². The van der Waals surface area contributed by atoms with Gasteiger partial charge in [0.25, 0.3) is 0 Å². The standard InChI is InChI=1S/C11H17NO3S/c1-12-11(9-5-6-15-8-9)10-4-2-3-7-16(10,13)14/h5-6,8,10-12H,2-4,7H2,1H3. The molecule has 1 aliphatic heterocycles. The Morgan fingerprint density at radius 1 is 1.50 bits per heavy atom. The van der Waals surface area contributed by atoms with Gasteiger partial charge in [-0.05, 0) is 26.0 Å². The molecule has 2 heterocycles. The molecule has 0 aliphatic carbocycles. The number of sulfone groups is 1. The fourth-order valence-corrected chi connectivity index (χ4v) is 4.52. The molecule has 1 aromatic heterocycles. The number of nitrogens with one attached hydrogen (secondary N) is 1. The van der Waals surface area contributed by atoms with Crippen LogP contribution in [0.5, 0.6) is 0 Å². The molecule has 0 saturated carbocycles. The van der Waals surface area contributed by atoms with Crippen LogP contribution in [0.2, 0.25) is 0 Å². The fourth-order valence-electron chi connectivity index (χ4n) is 2.37. The van der Waals surface area contributed by atoms with Gasteiger partial charge in [-0.15, -0.1) is 0 Å². The topological polar surface area (TPSA) is 59.3 Å². The Labute approximate surface area is 95.9 Å². The Morgan fingerprint density at radius 2 is 2.31 bits per heavy atom. The van der Waals surface area contributed by atoms with Crippen molar-refractivity contribution in [2.75, 3.05) is 12.8 Å². The number of rotatable bonds is 3. The van der Waals surface area contributed by atoms with Gasteiger partial charge in [0.2, 0.25) is 0 Å². The Morgan fingerprint density at radius 3 is 2.88 bits per heavy atom. The summed E-state index contributed by atoms with van der Waals surface area (Å²) < 4.78 is 29.0. The van der Waals surface area contributed by atoms with Crippen LogP contribution < -0.4 is 5.32 Å². The first-order valence-electron chi connectivity index (χ1n) is 5.56. The highest BCUT2D eigenvalue weighted by molar-refractivity contribution is 7.92. The van der Waals surface area contributed by atoms with E-state index >= 15 is 0 Å². The van der Waals surface area contributed by atoms with Crippen LogP contribution in [0.3, 0.4) is 0 Å². The van der Waals surface area contributed by atoms with Gasteiger partial charge in [0.15, 0.2) is 9.84 Å². The molecule has 0 radical (unpaired) electrons. The lowest BCUT2D eigenvalue weighted by molar-refractivity contribution is 0.464. The maximum atomic E-state index is 12.0. The van der Waals surface area contributed by atoms with E-state index in [9.17, 15) is 8.42 Å². The molecule has 1 saturated heterocycles. The smallest absolute Gasteiger partial charge is 0.155 e. The third-order valence-corrected chi connectivity index (χ3v) is 5.50. The molecule has 1 aliphatic rings. The molecule has 90 valence electrons. The Balaban J connectivity index is 2.27. The first-order chi connectivity index (χ1) is 7.65. The van der Waals surface area contributed by atoms with Gasteiger partial charge in [-0.3, -0.25) is 0 Å². The molecule has 1 fully saturated rings. The molecule has 4 nitrogen and oxygen atoms in total. The summed E-state index contributed by atoms with van der Waals surface area (Å²) in [4.78, 5) is 0. The predicted octanol–water partition coefficient (Wildman–Crippen LogP) is 1.51. The minimum Gasteiger partial charge on any atom is -0.472 e. The second-order valence-corrected chi connectivity index (χ2v) is 6.56. The maximum Gasteiger partial charge on any atom is 0.155 e. The number of hydrogen-bond acceptors (Lipinski definition) is 4. The van der Waals surface area contributed by atoms with E-state index in [1.165, 1.54) is 0 Å². The van der Waals surface area contributed by atoms with Crippen LogP contribution in [0.25, 0.3) is 0 Å². The van der Waals surface area contributed by atoms with Gasteiger partial charge in [-0.1, -0.05) is 6.42 Å². The van der Waals surface area contributed by atoms with Crippen molar-refractivity contribution in [3.05, 3.63) is 24.2 Å². The fraction of sp³-hybridized carbons (Fsp3) is 0.636. The molecule has 0 spiro atoms. The molecule has 2 rings (SSSR count). The zero-order valence-electron chi connectivity index (χ0n) is 9.35. The van der Waals surface area contributed by atoms with Gasteiger partial charge >= 0.3 is 0 Å². The van der Waals surface area contributed by atoms with Gasteiger partial charge in [-0.2, -0.15) is 0 Å². The van der Waals surface area contributed by atoms with E-state index in [-0.39, 0.29) is 11.3 Å². The lowest BCUT2D eigenvalue weighted by Gasteiger charge is -2.29. The summed E-state index contributed by atoms with van der Waals surface area (Å²) in [5.74, 6) is 0.313. The lowest BCUT2D eigenvalue weighted by atomic mass is 10.0. The molecular weight excluding hydrogens is 226 g/mol. The van der Waals surface area contributed by atoms with Crippen molar-refractivity contribution in [3.63, 3.8) is 0 Å². The molecule has 0 amide bonds. The summed E-state index contributed by atoms with van der Waals surface area (Å²) in [6.45, 7) is 0. The van der Waals surface area contributed by atoms with Crippen LogP contribution in [0.1, 0.15) is 30.9 Å². The van der Waals surface area contributed by atoms with Crippen LogP contribution in [0.4, 0.5) is 0 Å². The van der Waals surface area contributed by atoms with Gasteiger partial charge in [0.1, 0.15) is 0 Å². The first-order valence-corrected chi connectivity index (χ1v) is 7.27. The zero-order chi connectivity index (χ0) is 11.6. The van der Waals surface area contributed by atoms with Crippen molar-refractivity contribution in [1.29, 1.82) is 0 Å². The van der Waals surface area contributed by atoms with E-state index in [0.717, 1.165) is 24.8 Å². The van der Waals surface area contributed by atoms with Crippen molar-refractivity contribution < 1.29 is 12.8 Å². The minimum absolute atomic E-state index is 0.149. The largest absolute Gasteiger partial charge is 0.472 e. The van der Waals surface area contributed by atoms with Crippen LogP contribution in [0.15, 0.2) is 23.0 Å². The average Bonchev–Trinajstić information content (AvgIpc) is 2.75. The molecule has 1 aromatic rings. The van der Waals surface area contributed by atoms with E-state index in [1.54, 1.807) is 19.6 Å². The molecular formula is C11H17NO3S. The summed E-state index contributed by atoms with van der Waals surface area (Å²) in [6, 6.07) is 1.68. The molecule has 16 heavy (non-hydrogen) atoms. The number of furan rings is 1. The predicted molar refractivity (Wildman–Crippen MR) is 61.9 cm³/mol. The highest BCUT2D eigenvalue weighted by Gasteiger charge is 2.35. The average molecular weight is 243 g/mol. The van der Waals surface area contributed by atoms with E-state index in [0.29, 0.717) is 5.75 Å². The molecule has 5 heteroatoms. The summed E-state index contributed by atoms with van der Waals surface area (Å²) in [6.07, 6.45) is 5.71. The number of hydrogen-bond donors (Lipinski definition) is 1. The highest BCUT2D eigenvalue weighted by Crippen LogP contribution is 2.30. The summed E-state index contributed by atoms with van der Waals surface area (Å²) >= 11 is 0. The summed E-state index contributed by atoms with van der Waals surface area (Å²) in [7, 11) is -1.17. The molecule has 0 aromatic carbocycles. The SMILES string of the molecule is CNC(c1ccoc1)C1CCCCS1(=O)=O. The maximum absolute atomic E-state index is 12.0. The van der Waals surface area contributed by atoms with E-state index in [2.05, 4.69) is 5.32 Å². The molecule has 1 N–H and O–H groups in total. The Hall–Kier alpha value is -0.810. The molecule has 0 bridgehead atoms. The van der Waals surface area contributed by atoms with Gasteiger partial charge in [-0.25, -0.2) is 8.42 Å². The first kappa shape index (κ1) is 11.7. The van der Waals surface area contributed by atoms with E-state index < -0.39 is 9.84 Å². The van der Waals surface area contributed by atoms with E-state index in [1.807, 2.05) is 6.07 Å². The monoisotopic (exact) mass is 243 g/mol. The second kappa shape index (κ2) is 4.59. The van der Waals surface area contributed by atoms with Gasteiger partial charge in [0, 0.05) is 5.56 Å². The Kier molecular flexibility index (Phi) is 3.35. The van der Waals surface area contributed by atoms with Crippen LogP contribution in [0, 0.1) is 0 Å². The van der Waals surface area contributed by atoms with Crippen molar-refractivity contribution in [2.45, 2.75) is 30.6 Å². The van der Waals surface area contributed by atoms with Gasteiger partial charge < -0.3 is 9.73 Å². The summed E-state index contributed by atoms with van der Waals surface area (Å²) in [5.41, 5.74) is 0.915. The van der Waals surface area contributed by atoms with Crippen molar-refractivity contribution >= 4 is 9.84 Å². The van der Waals surface area contributed by atoms with Crippen LogP contribution >= 0.6 is 0 Å². The normalized spacial score (nSPS) is 26.4. The summed E-state index contributed by atoms with van der Waals surface area (Å²) in [5, 5.41) is 2.77. The molecule has 2 atom stereocenters. The van der Waals surface area contributed by atoms with Crippen molar-refractivity contribution in [3.8, 4) is 0 Å². The third kappa shape index (κ3) is 2.15. The van der Waals surface area contributed by atoms with Crippen LogP contribution in [-0.4, -0.2) is 26.5 Å². The Bertz CT molecular complexity index is 424. The van der Waals surface area contributed by atoms with Crippen LogP contribution in [-0.2, 0) is 9.84 Å². The van der Waals surface area contributed by atoms with Crippen molar-refractivity contribution in [2.24, 2.45) is 0 Å². The van der Waals surface area contributed by atoms with Gasteiger partial charge in [0.05, 0.1) is 29.6 Å². The lowest BCUT2D eigenvalue weighted by Crippen LogP contribution is -2.39. The quantitative estimate of drug-likeness (QED) is 0.874. The minimum atomic E-state index is -2.97. The molecule has 2 unspecified atom stereocenters.